The zero-order chi connectivity index (χ0) is 77.2. The lowest BCUT2D eigenvalue weighted by molar-refractivity contribution is -0.359. The average molecular weight is 1520 g/mol. The second-order valence-electron chi connectivity index (χ2n) is 34.2. The summed E-state index contributed by atoms with van der Waals surface area (Å²) in [5.41, 5.74) is 0. The maximum Gasteiger partial charge on any atom is 0.220 e. The van der Waals surface area contributed by atoms with Gasteiger partial charge in [-0.15, -0.1) is 0 Å². The summed E-state index contributed by atoms with van der Waals surface area (Å²) in [6, 6.07) is -0.827. The van der Waals surface area contributed by atoms with Gasteiger partial charge in [0.2, 0.25) is 5.91 Å². The Morgan fingerprint density at radius 3 is 0.794 bits per heavy atom. The first-order chi connectivity index (χ1) is 52.6. The molecule has 0 bridgehead atoms. The fourth-order valence-corrected chi connectivity index (χ4v) is 16.6. The van der Waals surface area contributed by atoms with Gasteiger partial charge in [0, 0.05) is 6.42 Å². The molecular formula is C93H183NO13. The van der Waals surface area contributed by atoms with E-state index in [1.165, 1.54) is 417 Å². The Balaban J connectivity index is 1.52. The molecule has 12 atom stereocenters. The van der Waals surface area contributed by atoms with Crippen molar-refractivity contribution in [1.29, 1.82) is 0 Å². The number of unbranched alkanes of at least 4 members (excludes halogenated alkanes) is 71. The van der Waals surface area contributed by atoms with Gasteiger partial charge in [0.25, 0.3) is 0 Å². The highest BCUT2D eigenvalue weighted by molar-refractivity contribution is 5.76. The van der Waals surface area contributed by atoms with E-state index in [4.69, 9.17) is 18.9 Å². The highest BCUT2D eigenvalue weighted by atomic mass is 16.7. The Bertz CT molecular complexity index is 1800. The monoisotopic (exact) mass is 1520 g/mol. The average Bonchev–Trinajstić information content (AvgIpc) is 0.789. The molecule has 2 aliphatic rings. The zero-order valence-electron chi connectivity index (χ0n) is 70.7. The lowest BCUT2D eigenvalue weighted by Crippen LogP contribution is -2.65. The Labute approximate surface area is 661 Å². The molecular weight excluding hydrogens is 1340 g/mol. The maximum absolute atomic E-state index is 13.5. The van der Waals surface area contributed by atoms with E-state index in [1.54, 1.807) is 0 Å². The van der Waals surface area contributed by atoms with Crippen molar-refractivity contribution in [3.8, 4) is 0 Å². The molecule has 2 saturated heterocycles. The molecule has 2 heterocycles. The fourth-order valence-electron chi connectivity index (χ4n) is 16.6. The summed E-state index contributed by atoms with van der Waals surface area (Å²) in [6.07, 6.45) is 83.6. The summed E-state index contributed by atoms with van der Waals surface area (Å²) in [6.45, 7) is 2.97. The smallest absolute Gasteiger partial charge is 0.220 e. The zero-order valence-corrected chi connectivity index (χ0v) is 70.7. The quantitative estimate of drug-likeness (QED) is 0.0259. The third-order valence-corrected chi connectivity index (χ3v) is 24.1. The molecule has 107 heavy (non-hydrogen) atoms. The van der Waals surface area contributed by atoms with E-state index in [0.717, 1.165) is 51.4 Å². The van der Waals surface area contributed by atoms with E-state index in [-0.39, 0.29) is 12.5 Å². The summed E-state index contributed by atoms with van der Waals surface area (Å²) >= 11 is 0. The third kappa shape index (κ3) is 59.3. The van der Waals surface area contributed by atoms with Gasteiger partial charge in [0.05, 0.1) is 32.0 Å². The van der Waals surface area contributed by atoms with Crippen LogP contribution in [0.15, 0.2) is 0 Å². The minimum absolute atomic E-state index is 0.193. The molecule has 0 spiro atoms. The van der Waals surface area contributed by atoms with E-state index < -0.39 is 86.8 Å². The molecule has 0 saturated carbocycles. The van der Waals surface area contributed by atoms with E-state index in [1.807, 2.05) is 0 Å². The molecule has 0 radical (unpaired) electrons. The van der Waals surface area contributed by atoms with Gasteiger partial charge in [0.1, 0.15) is 48.8 Å². The number of amides is 1. The van der Waals surface area contributed by atoms with Crippen LogP contribution < -0.4 is 5.32 Å². The second kappa shape index (κ2) is 77.6. The number of nitrogens with one attached hydrogen (secondary N) is 1. The van der Waals surface area contributed by atoms with Crippen molar-refractivity contribution in [3.63, 3.8) is 0 Å². The Kier molecular flexibility index (Phi) is 74.0. The summed E-state index contributed by atoms with van der Waals surface area (Å²) in [4.78, 5) is 13.5. The van der Waals surface area contributed by atoms with Gasteiger partial charge in [-0.1, -0.05) is 476 Å². The number of hydrogen-bond donors (Lipinski definition) is 9. The number of aliphatic hydroxyl groups excluding tert-OH is 8. The molecule has 14 heteroatoms. The van der Waals surface area contributed by atoms with Gasteiger partial charge in [-0.05, 0) is 12.8 Å². The first kappa shape index (κ1) is 102. The standard InChI is InChI=1S/C93H183NO13/c1-3-5-7-9-11-13-15-17-19-21-23-25-27-29-31-33-35-37-38-39-40-41-42-43-45-47-49-51-53-55-57-59-61-63-65-67-69-71-73-75-77-85(98)94-81(80-104-92-90(103)88(101)91(84(79-96)106-92)107-93-89(102)87(100)86(99)83(78-95)105-93)82(97)76-74-72-70-68-66-64-62-60-58-56-54-52-50-48-46-44-36-34-32-30-28-26-24-22-20-18-16-14-12-10-8-6-4-2/h81-84,86-93,95-97,99-103H,3-80H2,1-2H3,(H,94,98). The molecule has 638 valence electrons. The molecule has 9 N–H and O–H groups in total. The van der Waals surface area contributed by atoms with Crippen LogP contribution in [0.4, 0.5) is 0 Å². The second-order valence-corrected chi connectivity index (χ2v) is 34.2. The first-order valence-corrected chi connectivity index (χ1v) is 47.8. The van der Waals surface area contributed by atoms with Crippen LogP contribution in [-0.2, 0) is 23.7 Å². The van der Waals surface area contributed by atoms with E-state index >= 15 is 0 Å². The molecule has 2 aliphatic heterocycles. The normalized spacial score (nSPS) is 21.1. The summed E-state index contributed by atoms with van der Waals surface area (Å²) in [7, 11) is 0. The van der Waals surface area contributed by atoms with Gasteiger partial charge in [0.15, 0.2) is 12.6 Å². The minimum atomic E-state index is -1.78. The van der Waals surface area contributed by atoms with Crippen LogP contribution in [0.3, 0.4) is 0 Å². The van der Waals surface area contributed by atoms with Gasteiger partial charge in [-0.25, -0.2) is 0 Å². The van der Waals surface area contributed by atoms with Crippen LogP contribution in [0.5, 0.6) is 0 Å². The summed E-state index contributed by atoms with van der Waals surface area (Å²) < 4.78 is 23.1. The number of hydrogen-bond acceptors (Lipinski definition) is 13. The lowest BCUT2D eigenvalue weighted by atomic mass is 9.97. The van der Waals surface area contributed by atoms with Crippen LogP contribution in [0.25, 0.3) is 0 Å². The van der Waals surface area contributed by atoms with Crippen molar-refractivity contribution in [2.75, 3.05) is 19.8 Å². The predicted molar refractivity (Wildman–Crippen MR) is 448 cm³/mol. The number of aliphatic hydroxyl groups is 8. The largest absolute Gasteiger partial charge is 0.394 e. The van der Waals surface area contributed by atoms with Crippen LogP contribution in [0, 0.1) is 0 Å². The Morgan fingerprint density at radius 1 is 0.299 bits per heavy atom. The molecule has 2 rings (SSSR count). The summed E-state index contributed by atoms with van der Waals surface area (Å²) in [5, 5.41) is 88.1. The molecule has 0 aromatic carbocycles. The SMILES string of the molecule is CCCCCCCCCCCCCCCCCCCCCCCCCCCCCCCCCCCCCCCCCCC(=O)NC(COC1OC(CO)C(OC2OC(CO)C(O)C(O)C2O)C(O)C1O)C(O)CCCCCCCCCCCCCCCCCCCCCCCCCCCCCCCCCCC. The maximum atomic E-state index is 13.5. The van der Waals surface area contributed by atoms with Crippen molar-refractivity contribution in [2.45, 2.75) is 569 Å². The van der Waals surface area contributed by atoms with Crippen LogP contribution in [0.2, 0.25) is 0 Å². The van der Waals surface area contributed by atoms with Crippen molar-refractivity contribution in [1.82, 2.24) is 5.32 Å². The van der Waals surface area contributed by atoms with Crippen molar-refractivity contribution < 1.29 is 64.6 Å². The van der Waals surface area contributed by atoms with Gasteiger partial charge in [-0.2, -0.15) is 0 Å². The molecule has 12 unspecified atom stereocenters. The van der Waals surface area contributed by atoms with Crippen LogP contribution in [0.1, 0.15) is 495 Å². The minimum Gasteiger partial charge on any atom is -0.394 e. The molecule has 2 fully saturated rings. The molecule has 14 nitrogen and oxygen atoms in total. The fraction of sp³-hybridized carbons (Fsp3) is 0.989. The predicted octanol–water partition coefficient (Wildman–Crippen LogP) is 23.8. The third-order valence-electron chi connectivity index (χ3n) is 24.1. The lowest BCUT2D eigenvalue weighted by Gasteiger charge is -2.46. The molecule has 0 aliphatic carbocycles. The van der Waals surface area contributed by atoms with Gasteiger partial charge < -0.3 is 65.1 Å². The Morgan fingerprint density at radius 2 is 0.533 bits per heavy atom. The number of rotatable bonds is 84. The molecule has 0 aromatic heterocycles. The first-order valence-electron chi connectivity index (χ1n) is 47.8. The van der Waals surface area contributed by atoms with Crippen LogP contribution in [-0.4, -0.2) is 140 Å². The van der Waals surface area contributed by atoms with Crippen LogP contribution >= 0.6 is 0 Å². The number of ether oxygens (including phenoxy) is 4. The van der Waals surface area contributed by atoms with E-state index in [9.17, 15) is 45.6 Å². The van der Waals surface area contributed by atoms with Gasteiger partial charge >= 0.3 is 0 Å². The van der Waals surface area contributed by atoms with Crippen molar-refractivity contribution in [2.24, 2.45) is 0 Å². The van der Waals surface area contributed by atoms with E-state index in [0.29, 0.717) is 12.8 Å². The summed E-state index contributed by atoms with van der Waals surface area (Å²) in [5.74, 6) is -0.193. The number of carbonyl (C=O) groups excluding carboxylic acids is 1. The highest BCUT2D eigenvalue weighted by Crippen LogP contribution is 2.31. The number of carbonyl (C=O) groups is 1. The van der Waals surface area contributed by atoms with E-state index in [2.05, 4.69) is 19.2 Å². The highest BCUT2D eigenvalue weighted by Gasteiger charge is 2.51. The molecule has 1 amide bonds. The van der Waals surface area contributed by atoms with Crippen molar-refractivity contribution >= 4 is 5.91 Å². The Hall–Kier alpha value is -1.01. The van der Waals surface area contributed by atoms with Crippen molar-refractivity contribution in [3.05, 3.63) is 0 Å². The van der Waals surface area contributed by atoms with Gasteiger partial charge in [-0.3, -0.25) is 4.79 Å². The molecule has 0 aromatic rings. The topological polar surface area (TPSA) is 228 Å².